The summed E-state index contributed by atoms with van der Waals surface area (Å²) >= 11 is 0. The van der Waals surface area contributed by atoms with Gasteiger partial charge in [-0.25, -0.2) is 4.79 Å². The van der Waals surface area contributed by atoms with Gasteiger partial charge in [0.05, 0.1) is 0 Å². The fraction of sp³-hybridized carbons (Fsp3) is 0.500. The van der Waals surface area contributed by atoms with Gasteiger partial charge in [-0.05, 0) is 40.2 Å². The van der Waals surface area contributed by atoms with Crippen LogP contribution in [0.5, 0.6) is 0 Å². The number of hydrogen-bond donors (Lipinski definition) is 0. The Morgan fingerprint density at radius 3 is 2.30 bits per heavy atom. The number of aldehydes is 1. The highest BCUT2D eigenvalue weighted by molar-refractivity contribution is 5.78. The maximum Gasteiger partial charge on any atom is 0.411 e. The van der Waals surface area contributed by atoms with Crippen molar-refractivity contribution in [3.8, 4) is 0 Å². The van der Waals surface area contributed by atoms with Crippen molar-refractivity contribution in [2.75, 3.05) is 7.05 Å². The van der Waals surface area contributed by atoms with Crippen LogP contribution in [-0.4, -0.2) is 29.9 Å². The van der Waals surface area contributed by atoms with E-state index in [2.05, 4.69) is 0 Å². The van der Waals surface area contributed by atoms with E-state index in [9.17, 15) is 9.59 Å². The second kappa shape index (κ2) is 5.65. The van der Waals surface area contributed by atoms with Crippen molar-refractivity contribution in [1.29, 1.82) is 0 Å². The van der Waals surface area contributed by atoms with E-state index in [1.54, 1.807) is 34.7 Å². The van der Waals surface area contributed by atoms with Crippen LogP contribution in [0.25, 0.3) is 0 Å². The Bertz CT molecular complexity index is 505. The molecule has 0 heterocycles. The molecule has 1 amide bonds. The highest BCUT2D eigenvalue weighted by atomic mass is 16.6. The van der Waals surface area contributed by atoms with Gasteiger partial charge in [-0.3, -0.25) is 4.90 Å². The lowest BCUT2D eigenvalue weighted by Crippen LogP contribution is -2.48. The van der Waals surface area contributed by atoms with E-state index >= 15 is 0 Å². The highest BCUT2D eigenvalue weighted by Gasteiger charge is 2.36. The second-order valence-electron chi connectivity index (χ2n) is 6.17. The first-order valence-electron chi connectivity index (χ1n) is 6.60. The quantitative estimate of drug-likeness (QED) is 0.797. The number of carbonyl (C=O) groups excluding carboxylic acids is 2. The molecule has 1 aromatic rings. The first kappa shape index (κ1) is 16.2. The van der Waals surface area contributed by atoms with Crippen molar-refractivity contribution < 1.29 is 14.3 Å². The molecule has 0 saturated carbocycles. The molecule has 0 aliphatic heterocycles. The van der Waals surface area contributed by atoms with E-state index < -0.39 is 17.2 Å². The van der Waals surface area contributed by atoms with Crippen LogP contribution < -0.4 is 0 Å². The van der Waals surface area contributed by atoms with Crippen LogP contribution >= 0.6 is 0 Å². The average molecular weight is 277 g/mol. The predicted octanol–water partition coefficient (Wildman–Crippen LogP) is 3.28. The van der Waals surface area contributed by atoms with Crippen molar-refractivity contribution in [1.82, 2.24) is 4.90 Å². The smallest absolute Gasteiger partial charge is 0.411 e. The molecule has 1 aromatic carbocycles. The molecule has 110 valence electrons. The summed E-state index contributed by atoms with van der Waals surface area (Å²) in [5, 5.41) is 0. The summed E-state index contributed by atoms with van der Waals surface area (Å²) in [7, 11) is 1.57. The van der Waals surface area contributed by atoms with Crippen molar-refractivity contribution in [2.24, 2.45) is 0 Å². The Morgan fingerprint density at radius 2 is 1.85 bits per heavy atom. The maximum absolute atomic E-state index is 12.2. The number of ether oxygens (including phenoxy) is 1. The molecule has 1 unspecified atom stereocenters. The molecule has 0 N–H and O–H groups in total. The molecule has 0 saturated heterocycles. The van der Waals surface area contributed by atoms with Crippen LogP contribution in [0.4, 0.5) is 4.79 Å². The van der Waals surface area contributed by atoms with Gasteiger partial charge in [0.1, 0.15) is 17.4 Å². The predicted molar refractivity (Wildman–Crippen MR) is 78.6 cm³/mol. The first-order chi connectivity index (χ1) is 9.10. The molecule has 4 heteroatoms. The lowest BCUT2D eigenvalue weighted by molar-refractivity contribution is -0.117. The summed E-state index contributed by atoms with van der Waals surface area (Å²) in [6, 6.07) is 7.55. The third-order valence-electron chi connectivity index (χ3n) is 3.20. The van der Waals surface area contributed by atoms with E-state index in [0.717, 1.165) is 17.4 Å². The normalized spacial score (nSPS) is 14.3. The number of benzene rings is 1. The SMILES string of the molecule is Cc1cccc(C(C)(C=O)N(C)C(=O)OC(C)(C)C)c1. The Kier molecular flexibility index (Phi) is 4.58. The van der Waals surface area contributed by atoms with E-state index in [-0.39, 0.29) is 0 Å². The molecule has 0 fully saturated rings. The van der Waals surface area contributed by atoms with Crippen LogP contribution in [0.15, 0.2) is 24.3 Å². The van der Waals surface area contributed by atoms with Crippen LogP contribution in [0.2, 0.25) is 0 Å². The summed E-state index contributed by atoms with van der Waals surface area (Å²) < 4.78 is 5.33. The van der Waals surface area contributed by atoms with Gasteiger partial charge >= 0.3 is 6.09 Å². The van der Waals surface area contributed by atoms with E-state index in [0.29, 0.717) is 0 Å². The van der Waals surface area contributed by atoms with Crippen LogP contribution in [0, 0.1) is 6.92 Å². The van der Waals surface area contributed by atoms with Gasteiger partial charge in [0.2, 0.25) is 0 Å². The minimum absolute atomic E-state index is 0.520. The number of rotatable bonds is 3. The maximum atomic E-state index is 12.2. The lowest BCUT2D eigenvalue weighted by atomic mass is 9.91. The summed E-state index contributed by atoms with van der Waals surface area (Å²) in [6.07, 6.45) is 0.250. The number of hydrogen-bond acceptors (Lipinski definition) is 3. The highest BCUT2D eigenvalue weighted by Crippen LogP contribution is 2.27. The average Bonchev–Trinajstić information content (AvgIpc) is 2.34. The topological polar surface area (TPSA) is 46.6 Å². The van der Waals surface area contributed by atoms with Crippen LogP contribution in [-0.2, 0) is 15.1 Å². The van der Waals surface area contributed by atoms with Crippen molar-refractivity contribution >= 4 is 12.4 Å². The van der Waals surface area contributed by atoms with Gasteiger partial charge in [-0.15, -0.1) is 0 Å². The summed E-state index contributed by atoms with van der Waals surface area (Å²) in [4.78, 5) is 25.1. The fourth-order valence-corrected chi connectivity index (χ4v) is 1.82. The van der Waals surface area contributed by atoms with Gasteiger partial charge in [-0.1, -0.05) is 29.8 Å². The number of likely N-dealkylation sites (N-methyl/N-ethyl adjacent to an activating group) is 1. The molecule has 1 rings (SSSR count). The van der Waals surface area contributed by atoms with E-state index in [1.807, 2.05) is 31.2 Å². The van der Waals surface area contributed by atoms with Crippen molar-refractivity contribution in [3.63, 3.8) is 0 Å². The van der Waals surface area contributed by atoms with Gasteiger partial charge in [0.15, 0.2) is 0 Å². The number of carbonyl (C=O) groups is 2. The lowest BCUT2D eigenvalue weighted by Gasteiger charge is -2.35. The zero-order chi connectivity index (χ0) is 15.6. The van der Waals surface area contributed by atoms with Gasteiger partial charge < -0.3 is 9.53 Å². The van der Waals surface area contributed by atoms with Crippen molar-refractivity contribution in [3.05, 3.63) is 35.4 Å². The van der Waals surface area contributed by atoms with Crippen molar-refractivity contribution in [2.45, 2.75) is 45.8 Å². The molecule has 0 radical (unpaired) electrons. The Morgan fingerprint density at radius 1 is 1.25 bits per heavy atom. The third-order valence-corrected chi connectivity index (χ3v) is 3.20. The van der Waals surface area contributed by atoms with Gasteiger partial charge in [0.25, 0.3) is 0 Å². The minimum Gasteiger partial charge on any atom is -0.444 e. The molecular weight excluding hydrogens is 254 g/mol. The number of amides is 1. The summed E-state index contributed by atoms with van der Waals surface area (Å²) in [5.41, 5.74) is 0.157. The fourth-order valence-electron chi connectivity index (χ4n) is 1.82. The molecule has 4 nitrogen and oxygen atoms in total. The van der Waals surface area contributed by atoms with E-state index in [4.69, 9.17) is 4.74 Å². The third kappa shape index (κ3) is 3.59. The molecule has 0 spiro atoms. The van der Waals surface area contributed by atoms with E-state index in [1.165, 1.54) is 4.90 Å². The zero-order valence-electron chi connectivity index (χ0n) is 13.1. The molecule has 0 bridgehead atoms. The molecule has 0 aliphatic rings. The monoisotopic (exact) mass is 277 g/mol. The Labute approximate surface area is 120 Å². The number of nitrogens with zero attached hydrogens (tertiary/aromatic N) is 1. The Balaban J connectivity index is 3.10. The second-order valence-corrected chi connectivity index (χ2v) is 6.17. The van der Waals surface area contributed by atoms with Gasteiger partial charge in [0, 0.05) is 7.05 Å². The van der Waals surface area contributed by atoms with Crippen LogP contribution in [0.3, 0.4) is 0 Å². The first-order valence-corrected chi connectivity index (χ1v) is 6.60. The zero-order valence-corrected chi connectivity index (χ0v) is 13.1. The molecule has 0 aliphatic carbocycles. The van der Waals surface area contributed by atoms with Gasteiger partial charge in [-0.2, -0.15) is 0 Å². The molecular formula is C16H23NO3. The minimum atomic E-state index is -1.05. The summed E-state index contributed by atoms with van der Waals surface area (Å²) in [5.74, 6) is 0. The number of aryl methyl sites for hydroxylation is 1. The summed E-state index contributed by atoms with van der Waals surface area (Å²) in [6.45, 7) is 9.04. The molecule has 1 atom stereocenters. The molecule has 0 aromatic heterocycles. The largest absolute Gasteiger partial charge is 0.444 e. The standard InChI is InChI=1S/C16H23NO3/c1-12-8-7-9-13(10-12)16(5,11-18)17(6)14(19)20-15(2,3)4/h7-11H,1-6H3. The Hall–Kier alpha value is -1.84. The molecule has 20 heavy (non-hydrogen) atoms. The van der Waals surface area contributed by atoms with Crippen LogP contribution in [0.1, 0.15) is 38.8 Å².